The number of nitrogens with zero attached hydrogens (tertiary/aromatic N) is 3. The highest BCUT2D eigenvalue weighted by atomic mass is 35.5. The zero-order valence-electron chi connectivity index (χ0n) is 16.7. The van der Waals surface area contributed by atoms with E-state index in [9.17, 15) is 4.79 Å². The standard InChI is InChI=1S/C22H23ClN4O2S/c1-29-19-4-2-3-18(13-19)24-22(28)27-11-9-26(10-12-27)14-21-25-20(15-30-21)16-5-7-17(23)8-6-16/h2-8,13,15H,9-12,14H2,1H3,(H,24,28). The molecule has 0 spiro atoms. The molecule has 156 valence electrons. The topological polar surface area (TPSA) is 57.7 Å². The van der Waals surface area contributed by atoms with Gasteiger partial charge in [-0.2, -0.15) is 0 Å². The number of nitrogens with one attached hydrogen (secondary N) is 1. The van der Waals surface area contributed by atoms with E-state index in [0.29, 0.717) is 13.1 Å². The highest BCUT2D eigenvalue weighted by Crippen LogP contribution is 2.24. The van der Waals surface area contributed by atoms with Crippen LogP contribution in [0.5, 0.6) is 5.75 Å². The molecule has 3 aromatic rings. The first kappa shape index (κ1) is 20.7. The van der Waals surface area contributed by atoms with Crippen LogP contribution in [0, 0.1) is 0 Å². The highest BCUT2D eigenvalue weighted by molar-refractivity contribution is 7.09. The summed E-state index contributed by atoms with van der Waals surface area (Å²) in [7, 11) is 1.61. The van der Waals surface area contributed by atoms with Crippen molar-refractivity contribution in [3.8, 4) is 17.0 Å². The van der Waals surface area contributed by atoms with Crippen molar-refractivity contribution in [1.29, 1.82) is 0 Å². The van der Waals surface area contributed by atoms with Gasteiger partial charge in [-0.05, 0) is 24.3 Å². The van der Waals surface area contributed by atoms with Crippen LogP contribution in [0.4, 0.5) is 10.5 Å². The minimum Gasteiger partial charge on any atom is -0.497 e. The van der Waals surface area contributed by atoms with Crippen molar-refractivity contribution in [2.45, 2.75) is 6.54 Å². The fraction of sp³-hybridized carbons (Fsp3) is 0.273. The molecule has 1 aromatic heterocycles. The average molecular weight is 443 g/mol. The van der Waals surface area contributed by atoms with E-state index in [2.05, 4.69) is 15.6 Å². The van der Waals surface area contributed by atoms with Gasteiger partial charge in [-0.15, -0.1) is 11.3 Å². The van der Waals surface area contributed by atoms with E-state index < -0.39 is 0 Å². The summed E-state index contributed by atoms with van der Waals surface area (Å²) in [4.78, 5) is 21.5. The molecule has 0 aliphatic carbocycles. The Morgan fingerprint density at radius 3 is 2.67 bits per heavy atom. The SMILES string of the molecule is COc1cccc(NC(=O)N2CCN(Cc3nc(-c4ccc(Cl)cc4)cs3)CC2)c1. The van der Waals surface area contributed by atoms with Gasteiger partial charge in [0.25, 0.3) is 0 Å². The summed E-state index contributed by atoms with van der Waals surface area (Å²) in [6, 6.07) is 15.0. The van der Waals surface area contributed by atoms with Crippen molar-refractivity contribution in [2.24, 2.45) is 0 Å². The smallest absolute Gasteiger partial charge is 0.321 e. The van der Waals surface area contributed by atoms with Gasteiger partial charge < -0.3 is 15.0 Å². The van der Waals surface area contributed by atoms with E-state index in [4.69, 9.17) is 21.3 Å². The minimum absolute atomic E-state index is 0.0813. The Morgan fingerprint density at radius 2 is 1.93 bits per heavy atom. The molecule has 0 unspecified atom stereocenters. The van der Waals surface area contributed by atoms with Crippen molar-refractivity contribution in [3.05, 3.63) is 63.9 Å². The molecule has 0 radical (unpaired) electrons. The Labute approximate surface area is 185 Å². The summed E-state index contributed by atoms with van der Waals surface area (Å²) < 4.78 is 5.21. The molecule has 2 amide bonds. The number of carbonyl (C=O) groups excluding carboxylic acids is 1. The van der Waals surface area contributed by atoms with E-state index >= 15 is 0 Å². The molecule has 1 N–H and O–H groups in total. The number of rotatable bonds is 5. The summed E-state index contributed by atoms with van der Waals surface area (Å²) in [6.07, 6.45) is 0. The first-order chi connectivity index (χ1) is 14.6. The third kappa shape index (κ3) is 5.11. The molecular weight excluding hydrogens is 420 g/mol. The number of halogens is 1. The van der Waals surface area contributed by atoms with Gasteiger partial charge in [0.2, 0.25) is 0 Å². The summed E-state index contributed by atoms with van der Waals surface area (Å²) >= 11 is 7.63. The lowest BCUT2D eigenvalue weighted by atomic mass is 10.2. The van der Waals surface area contributed by atoms with Gasteiger partial charge in [0.05, 0.1) is 19.3 Å². The maximum absolute atomic E-state index is 12.6. The van der Waals surface area contributed by atoms with Gasteiger partial charge in [-0.1, -0.05) is 29.8 Å². The van der Waals surface area contributed by atoms with Gasteiger partial charge in [0.1, 0.15) is 10.8 Å². The highest BCUT2D eigenvalue weighted by Gasteiger charge is 2.22. The molecule has 1 fully saturated rings. The van der Waals surface area contributed by atoms with E-state index in [1.54, 1.807) is 18.4 Å². The number of hydrogen-bond acceptors (Lipinski definition) is 5. The predicted molar refractivity (Wildman–Crippen MR) is 121 cm³/mol. The van der Waals surface area contributed by atoms with Crippen molar-refractivity contribution >= 4 is 34.7 Å². The largest absolute Gasteiger partial charge is 0.497 e. The second-order valence-electron chi connectivity index (χ2n) is 7.06. The summed E-state index contributed by atoms with van der Waals surface area (Å²) in [5.74, 6) is 0.721. The summed E-state index contributed by atoms with van der Waals surface area (Å²) in [5.41, 5.74) is 2.78. The molecule has 6 nitrogen and oxygen atoms in total. The Hall–Kier alpha value is -2.61. The van der Waals surface area contributed by atoms with Crippen molar-refractivity contribution in [3.63, 3.8) is 0 Å². The van der Waals surface area contributed by atoms with Gasteiger partial charge >= 0.3 is 6.03 Å². The molecule has 1 aliphatic rings. The molecule has 0 bridgehead atoms. The number of thiazole rings is 1. The fourth-order valence-corrected chi connectivity index (χ4v) is 4.31. The molecule has 4 rings (SSSR count). The number of piperazine rings is 1. The number of hydrogen-bond donors (Lipinski definition) is 1. The summed E-state index contributed by atoms with van der Waals surface area (Å²) in [5, 5.41) is 6.83. The first-order valence-corrected chi connectivity index (χ1v) is 11.0. The van der Waals surface area contributed by atoms with Crippen LogP contribution in [0.2, 0.25) is 5.02 Å². The number of urea groups is 1. The number of aromatic nitrogens is 1. The van der Waals surface area contributed by atoms with E-state index in [1.165, 1.54) is 0 Å². The van der Waals surface area contributed by atoms with Gasteiger partial charge in [0.15, 0.2) is 0 Å². The van der Waals surface area contributed by atoms with Crippen LogP contribution >= 0.6 is 22.9 Å². The molecule has 0 atom stereocenters. The maximum Gasteiger partial charge on any atom is 0.321 e. The Bertz CT molecular complexity index is 1000. The van der Waals surface area contributed by atoms with Crippen molar-refractivity contribution < 1.29 is 9.53 Å². The molecule has 2 heterocycles. The number of ether oxygens (including phenoxy) is 1. The fourth-order valence-electron chi connectivity index (χ4n) is 3.34. The molecule has 2 aromatic carbocycles. The molecule has 1 aliphatic heterocycles. The van der Waals surface area contributed by atoms with E-state index in [0.717, 1.165) is 52.4 Å². The predicted octanol–water partition coefficient (Wildman–Crippen LogP) is 4.82. The van der Waals surface area contributed by atoms with Gasteiger partial charge in [-0.3, -0.25) is 4.90 Å². The van der Waals surface area contributed by atoms with Crippen molar-refractivity contribution in [1.82, 2.24) is 14.8 Å². The van der Waals surface area contributed by atoms with Crippen LogP contribution in [0.25, 0.3) is 11.3 Å². The second-order valence-corrected chi connectivity index (χ2v) is 8.44. The molecular formula is C22H23ClN4O2S. The number of methoxy groups -OCH3 is 1. The quantitative estimate of drug-likeness (QED) is 0.615. The molecule has 30 heavy (non-hydrogen) atoms. The van der Waals surface area contributed by atoms with Crippen molar-refractivity contribution in [2.75, 3.05) is 38.6 Å². The number of anilines is 1. The maximum atomic E-state index is 12.6. The van der Waals surface area contributed by atoms with Crippen LogP contribution in [-0.4, -0.2) is 54.1 Å². The van der Waals surface area contributed by atoms with Crippen LogP contribution < -0.4 is 10.1 Å². The molecule has 0 saturated carbocycles. The minimum atomic E-state index is -0.0813. The average Bonchev–Trinajstić information content (AvgIpc) is 3.23. The lowest BCUT2D eigenvalue weighted by Crippen LogP contribution is -2.49. The summed E-state index contributed by atoms with van der Waals surface area (Å²) in [6.45, 7) is 3.81. The zero-order chi connectivity index (χ0) is 20.9. The van der Waals surface area contributed by atoms with E-state index in [1.807, 2.05) is 53.4 Å². The van der Waals surface area contributed by atoms with Gasteiger partial charge in [0, 0.05) is 53.9 Å². The number of carbonyl (C=O) groups is 1. The Balaban J connectivity index is 1.28. The van der Waals surface area contributed by atoms with Crippen LogP contribution in [0.1, 0.15) is 5.01 Å². The number of benzene rings is 2. The number of amides is 2. The van der Waals surface area contributed by atoms with E-state index in [-0.39, 0.29) is 6.03 Å². The van der Waals surface area contributed by atoms with Crippen LogP contribution in [-0.2, 0) is 6.54 Å². The third-order valence-corrected chi connectivity index (χ3v) is 6.12. The Morgan fingerprint density at radius 1 is 1.17 bits per heavy atom. The lowest BCUT2D eigenvalue weighted by Gasteiger charge is -2.34. The lowest BCUT2D eigenvalue weighted by molar-refractivity contribution is 0.143. The van der Waals surface area contributed by atoms with Crippen LogP contribution in [0.3, 0.4) is 0 Å². The third-order valence-electron chi connectivity index (χ3n) is 5.03. The van der Waals surface area contributed by atoms with Gasteiger partial charge in [-0.25, -0.2) is 9.78 Å². The molecule has 8 heteroatoms. The van der Waals surface area contributed by atoms with Crippen LogP contribution in [0.15, 0.2) is 53.9 Å². The zero-order valence-corrected chi connectivity index (χ0v) is 18.2. The second kappa shape index (κ2) is 9.47. The first-order valence-electron chi connectivity index (χ1n) is 9.73. The normalized spacial score (nSPS) is 14.5. The molecule has 1 saturated heterocycles. The monoisotopic (exact) mass is 442 g/mol. The Kier molecular flexibility index (Phi) is 6.52.